The van der Waals surface area contributed by atoms with Crippen molar-refractivity contribution in [3.05, 3.63) is 47.8 Å². The largest absolute Gasteiger partial charge is 0.463 e. The molecule has 0 N–H and O–H groups in total. The first-order valence-corrected chi connectivity index (χ1v) is 19.4. The van der Waals surface area contributed by atoms with Gasteiger partial charge in [0.15, 0.2) is 43.0 Å². The van der Waals surface area contributed by atoms with Crippen molar-refractivity contribution < 1.29 is 90.5 Å². The lowest BCUT2D eigenvalue weighted by atomic mass is 9.95. The van der Waals surface area contributed by atoms with Crippen LogP contribution < -0.4 is 0 Å². The van der Waals surface area contributed by atoms with E-state index >= 15 is 0 Å². The van der Waals surface area contributed by atoms with Crippen LogP contribution in [0.1, 0.15) is 66.0 Å². The van der Waals surface area contributed by atoms with E-state index in [1.54, 1.807) is 0 Å². The summed E-state index contributed by atoms with van der Waals surface area (Å²) >= 11 is 0. The zero-order valence-electron chi connectivity index (χ0n) is 34.9. The number of cyclic esters (lactones) is 1. The van der Waals surface area contributed by atoms with Gasteiger partial charge in [-0.2, -0.15) is 0 Å². The molecule has 3 fully saturated rings. The number of esters is 7. The van der Waals surface area contributed by atoms with E-state index in [1.807, 2.05) is 30.3 Å². The molecule has 0 radical (unpaired) electrons. The van der Waals surface area contributed by atoms with Gasteiger partial charge >= 0.3 is 47.9 Å². The fraction of sp³-hybridized carbons (Fsp3) is 0.590. The molecule has 1 aromatic heterocycles. The van der Waals surface area contributed by atoms with E-state index in [0.29, 0.717) is 6.42 Å². The van der Waals surface area contributed by atoms with E-state index in [9.17, 15) is 38.4 Å². The number of carbonyl (C=O) groups is 8. The van der Waals surface area contributed by atoms with Crippen molar-refractivity contribution in [3.8, 4) is 0 Å². The molecule has 62 heavy (non-hydrogen) atoms. The van der Waals surface area contributed by atoms with Gasteiger partial charge < -0.3 is 52.1 Å². The van der Waals surface area contributed by atoms with Gasteiger partial charge in [0, 0.05) is 48.5 Å². The summed E-state index contributed by atoms with van der Waals surface area (Å²) in [5, 5.41) is 8.40. The van der Waals surface area contributed by atoms with Gasteiger partial charge in [-0.25, -0.2) is 9.48 Å². The molecule has 23 nitrogen and oxygen atoms in total. The lowest BCUT2D eigenvalue weighted by Crippen LogP contribution is -2.66. The third kappa shape index (κ3) is 12.4. The number of rotatable bonds is 16. The van der Waals surface area contributed by atoms with E-state index < -0.39 is 122 Å². The topological polar surface area (TPSA) is 272 Å². The molecule has 2 aromatic rings. The highest BCUT2D eigenvalue weighted by molar-refractivity contribution is 5.71. The summed E-state index contributed by atoms with van der Waals surface area (Å²) in [6.07, 6.45) is -14.8. The maximum absolute atomic E-state index is 12.8. The number of nitrogens with zero attached hydrogens (tertiary/aromatic N) is 4. The number of hydrogen-bond donors (Lipinski definition) is 0. The van der Waals surface area contributed by atoms with Crippen LogP contribution in [0.5, 0.6) is 0 Å². The summed E-state index contributed by atoms with van der Waals surface area (Å²) in [5.41, 5.74) is 1.23. The van der Waals surface area contributed by atoms with Crippen LogP contribution >= 0.6 is 0 Å². The van der Waals surface area contributed by atoms with Crippen molar-refractivity contribution in [2.24, 2.45) is 0 Å². The molecule has 4 heterocycles. The number of hydrogen-bond acceptors (Lipinski definition) is 21. The number of carbonyl (C=O) groups excluding carboxylic acids is 8. The van der Waals surface area contributed by atoms with E-state index in [-0.39, 0.29) is 24.9 Å². The van der Waals surface area contributed by atoms with E-state index in [0.717, 1.165) is 58.7 Å². The molecule has 0 spiro atoms. The fourth-order valence-corrected chi connectivity index (χ4v) is 7.13. The summed E-state index contributed by atoms with van der Waals surface area (Å²) in [4.78, 5) is 101. The molecule has 0 aliphatic carbocycles. The van der Waals surface area contributed by atoms with Gasteiger partial charge in [-0.3, -0.25) is 38.5 Å². The maximum Gasteiger partial charge on any atom is 0.410 e. The van der Waals surface area contributed by atoms with Crippen molar-refractivity contribution >= 4 is 47.9 Å². The minimum atomic E-state index is -1.85. The van der Waals surface area contributed by atoms with Crippen LogP contribution in [-0.2, 0) is 98.6 Å². The summed E-state index contributed by atoms with van der Waals surface area (Å²) < 4.78 is 63.8. The molecule has 11 atom stereocenters. The monoisotopic (exact) mass is 876 g/mol. The van der Waals surface area contributed by atoms with E-state index in [1.165, 1.54) is 11.1 Å². The average molecular weight is 877 g/mol. The molecule has 3 saturated heterocycles. The number of benzene rings is 1. The van der Waals surface area contributed by atoms with Crippen molar-refractivity contribution in [1.29, 1.82) is 0 Å². The Hall–Kier alpha value is -6.20. The first-order chi connectivity index (χ1) is 29.4. The predicted molar refractivity (Wildman–Crippen MR) is 199 cm³/mol. The predicted octanol–water partition coefficient (Wildman–Crippen LogP) is 0.634. The van der Waals surface area contributed by atoms with E-state index in [2.05, 4.69) is 10.3 Å². The second kappa shape index (κ2) is 21.1. The Morgan fingerprint density at radius 2 is 1.16 bits per heavy atom. The molecule has 0 unspecified atom stereocenters. The maximum atomic E-state index is 12.8. The SMILES string of the molecule is CC(=O)OC[C@H]1O[C@@H](O[C@H]2[C@H](OC(C)=O)[C@@H](OC(C)=O)[C@H](n3cc(CN4C(=O)OC[C@H]4Cc4ccccc4)nn3)O[C@@H]2COC(C)=O)[C@H](OC(C)=O)[C@@H](OC(C)=O)[C@H]1OC(C)=O. The van der Waals surface area contributed by atoms with E-state index in [4.69, 9.17) is 52.1 Å². The lowest BCUT2D eigenvalue weighted by molar-refractivity contribution is -0.349. The second-order valence-electron chi connectivity index (χ2n) is 14.4. The first kappa shape index (κ1) is 46.9. The van der Waals surface area contributed by atoms with Gasteiger partial charge in [-0.1, -0.05) is 35.5 Å². The Kier molecular flexibility index (Phi) is 15.9. The molecular weight excluding hydrogens is 828 g/mol. The normalized spacial score (nSPS) is 28.1. The molecular formula is C39H48N4O19. The standard InChI is InChI=1S/C39H48N4O19/c1-19(44)52-17-29-32(62-38-36(59-25(7)50)34(57-23(5)48)31(55-21(3)46)30(61-38)18-53-20(2)45)33(56-22(4)47)35(58-24(6)49)37(60-29)43-15-27(40-41-43)14-42-28(16-54-39(42)51)13-26-11-9-8-10-12-26/h8-12,15,28-38H,13-14,16-18H2,1-7H3/t28-,29-,30-,31+,32-,33+,34+,35-,36-,37-,38+/m1/s1. The number of amides is 1. The Morgan fingerprint density at radius 3 is 1.73 bits per heavy atom. The van der Waals surface area contributed by atoms with Crippen LogP contribution in [-0.4, -0.2) is 149 Å². The third-order valence-corrected chi connectivity index (χ3v) is 9.44. The second-order valence-corrected chi connectivity index (χ2v) is 14.4. The van der Waals surface area contributed by atoms with Gasteiger partial charge in [0.05, 0.1) is 18.8 Å². The van der Waals surface area contributed by atoms with Crippen molar-refractivity contribution in [2.45, 2.75) is 129 Å². The summed E-state index contributed by atoms with van der Waals surface area (Å²) in [6, 6.07) is 9.13. The minimum Gasteiger partial charge on any atom is -0.463 e. The van der Waals surface area contributed by atoms with Crippen molar-refractivity contribution in [2.75, 3.05) is 19.8 Å². The highest BCUT2D eigenvalue weighted by Crippen LogP contribution is 2.38. The zero-order chi connectivity index (χ0) is 45.2. The molecule has 5 rings (SSSR count). The third-order valence-electron chi connectivity index (χ3n) is 9.44. The van der Waals surface area contributed by atoms with Gasteiger partial charge in [-0.15, -0.1) is 5.10 Å². The van der Waals surface area contributed by atoms with Gasteiger partial charge in [0.2, 0.25) is 0 Å². The van der Waals surface area contributed by atoms with Crippen molar-refractivity contribution in [3.63, 3.8) is 0 Å². The minimum absolute atomic E-state index is 0.0554. The zero-order valence-corrected chi connectivity index (χ0v) is 34.9. The van der Waals surface area contributed by atoms with Crippen molar-refractivity contribution in [1.82, 2.24) is 19.9 Å². The summed E-state index contributed by atoms with van der Waals surface area (Å²) in [7, 11) is 0. The summed E-state index contributed by atoms with van der Waals surface area (Å²) in [5.74, 6) is -6.06. The molecule has 3 aliphatic heterocycles. The first-order valence-electron chi connectivity index (χ1n) is 19.4. The van der Waals surface area contributed by atoms with Crippen LogP contribution in [0.4, 0.5) is 4.79 Å². The number of aromatic nitrogens is 3. The highest BCUT2D eigenvalue weighted by Gasteiger charge is 2.58. The smallest absolute Gasteiger partial charge is 0.410 e. The molecule has 338 valence electrons. The number of ether oxygens (including phenoxy) is 11. The molecule has 1 aromatic carbocycles. The van der Waals surface area contributed by atoms with Gasteiger partial charge in [-0.05, 0) is 12.0 Å². The van der Waals surface area contributed by atoms with Crippen LogP contribution in [0, 0.1) is 0 Å². The lowest BCUT2D eigenvalue weighted by Gasteiger charge is -2.48. The van der Waals surface area contributed by atoms with Gasteiger partial charge in [0.25, 0.3) is 0 Å². The Bertz CT molecular complexity index is 1960. The molecule has 0 saturated carbocycles. The quantitative estimate of drug-likeness (QED) is 0.165. The van der Waals surface area contributed by atoms with Gasteiger partial charge in [0.1, 0.15) is 43.8 Å². The van der Waals surface area contributed by atoms with Crippen LogP contribution in [0.2, 0.25) is 0 Å². The molecule has 3 aliphatic rings. The Labute approximate surface area is 354 Å². The van der Waals surface area contributed by atoms with Crippen LogP contribution in [0.25, 0.3) is 0 Å². The summed E-state index contributed by atoms with van der Waals surface area (Å²) in [6.45, 7) is 6.30. The molecule has 23 heteroatoms. The molecule has 0 bridgehead atoms. The Balaban J connectivity index is 1.53. The Morgan fingerprint density at radius 1 is 0.645 bits per heavy atom. The highest BCUT2D eigenvalue weighted by atomic mass is 16.8. The fourth-order valence-electron chi connectivity index (χ4n) is 7.13. The average Bonchev–Trinajstić information content (AvgIpc) is 3.79. The molecule has 1 amide bonds. The van der Waals surface area contributed by atoms with Crippen LogP contribution in [0.3, 0.4) is 0 Å². The van der Waals surface area contributed by atoms with Crippen LogP contribution in [0.15, 0.2) is 36.5 Å².